The van der Waals surface area contributed by atoms with Gasteiger partial charge in [0.2, 0.25) is 11.8 Å². The lowest BCUT2D eigenvalue weighted by Gasteiger charge is -2.20. The Bertz CT molecular complexity index is 331. The predicted octanol–water partition coefficient (Wildman–Crippen LogP) is -0.671. The van der Waals surface area contributed by atoms with Crippen molar-refractivity contribution in [1.29, 1.82) is 0 Å². The molecule has 1 aliphatic heterocycles. The second kappa shape index (κ2) is 4.60. The summed E-state index contributed by atoms with van der Waals surface area (Å²) in [6.07, 6.45) is 2.12. The molecule has 0 aromatic carbocycles. The van der Waals surface area contributed by atoms with Crippen LogP contribution in [0.4, 0.5) is 4.39 Å². The summed E-state index contributed by atoms with van der Waals surface area (Å²) in [4.78, 5) is 23.6. The number of amides is 2. The highest BCUT2D eigenvalue weighted by molar-refractivity contribution is 5.96. The van der Waals surface area contributed by atoms with Crippen LogP contribution < -0.4 is 16.0 Å². The lowest BCUT2D eigenvalue weighted by molar-refractivity contribution is -0.131. The van der Waals surface area contributed by atoms with E-state index in [0.29, 0.717) is 6.42 Å². The molecule has 2 rings (SSSR count). The van der Waals surface area contributed by atoms with Gasteiger partial charge < -0.3 is 16.0 Å². The molecule has 0 aromatic heterocycles. The van der Waals surface area contributed by atoms with Crippen LogP contribution in [0.3, 0.4) is 0 Å². The number of halogens is 1. The van der Waals surface area contributed by atoms with Gasteiger partial charge in [-0.1, -0.05) is 0 Å². The van der Waals surface area contributed by atoms with Crippen molar-refractivity contribution in [3.63, 3.8) is 0 Å². The Balaban J connectivity index is 1.99. The van der Waals surface area contributed by atoms with Gasteiger partial charge in [0, 0.05) is 13.0 Å². The first-order valence-corrected chi connectivity index (χ1v) is 5.97. The molecule has 0 spiro atoms. The number of nitrogens with one attached hydrogen (secondary N) is 3. The second-order valence-electron chi connectivity index (χ2n) is 4.74. The lowest BCUT2D eigenvalue weighted by atomic mass is 10.1. The topological polar surface area (TPSA) is 70.2 Å². The van der Waals surface area contributed by atoms with Crippen LogP contribution in [0.2, 0.25) is 0 Å². The highest BCUT2D eigenvalue weighted by Gasteiger charge is 2.61. The number of hydrogen-bond acceptors (Lipinski definition) is 3. The molecule has 96 valence electrons. The Morgan fingerprint density at radius 1 is 1.53 bits per heavy atom. The molecule has 2 aliphatic rings. The van der Waals surface area contributed by atoms with Gasteiger partial charge in [-0.25, -0.2) is 0 Å². The summed E-state index contributed by atoms with van der Waals surface area (Å²) in [6, 6.07) is -0.239. The third-order valence-corrected chi connectivity index (χ3v) is 3.65. The smallest absolute Gasteiger partial charge is 0.245 e. The zero-order valence-corrected chi connectivity index (χ0v) is 9.88. The van der Waals surface area contributed by atoms with Gasteiger partial charge in [0.05, 0.1) is 12.7 Å². The quantitative estimate of drug-likeness (QED) is 0.613. The molecule has 1 saturated heterocycles. The Morgan fingerprint density at radius 3 is 2.76 bits per heavy atom. The molecule has 17 heavy (non-hydrogen) atoms. The molecule has 1 heterocycles. The van der Waals surface area contributed by atoms with E-state index in [1.54, 1.807) is 0 Å². The average molecular weight is 243 g/mol. The van der Waals surface area contributed by atoms with Crippen LogP contribution >= 0.6 is 0 Å². The highest BCUT2D eigenvalue weighted by Crippen LogP contribution is 2.44. The van der Waals surface area contributed by atoms with E-state index in [1.165, 1.54) is 7.05 Å². The average Bonchev–Trinajstić information content (AvgIpc) is 2.79. The van der Waals surface area contributed by atoms with Gasteiger partial charge in [0.15, 0.2) is 0 Å². The molecule has 1 saturated carbocycles. The summed E-state index contributed by atoms with van der Waals surface area (Å²) in [5.74, 6) is -0.874. The van der Waals surface area contributed by atoms with Gasteiger partial charge >= 0.3 is 0 Å². The van der Waals surface area contributed by atoms with E-state index < -0.39 is 12.2 Å². The van der Waals surface area contributed by atoms with Crippen molar-refractivity contribution >= 4 is 11.8 Å². The van der Waals surface area contributed by atoms with Gasteiger partial charge in [0.1, 0.15) is 5.54 Å². The van der Waals surface area contributed by atoms with E-state index in [9.17, 15) is 14.0 Å². The largest absolute Gasteiger partial charge is 0.357 e. The maximum Gasteiger partial charge on any atom is 0.245 e. The molecule has 0 radical (unpaired) electrons. The van der Waals surface area contributed by atoms with E-state index in [1.807, 2.05) is 0 Å². The molecular formula is C11H18FN3O2. The van der Waals surface area contributed by atoms with Crippen LogP contribution in [0.15, 0.2) is 0 Å². The summed E-state index contributed by atoms with van der Waals surface area (Å²) >= 11 is 0. The van der Waals surface area contributed by atoms with E-state index in [0.717, 1.165) is 19.4 Å². The molecule has 2 amide bonds. The summed E-state index contributed by atoms with van der Waals surface area (Å²) < 4.78 is 12.7. The minimum atomic E-state index is -1.01. The van der Waals surface area contributed by atoms with Crippen LogP contribution in [0.25, 0.3) is 0 Å². The van der Waals surface area contributed by atoms with E-state index in [-0.39, 0.29) is 23.8 Å². The Morgan fingerprint density at radius 2 is 2.29 bits per heavy atom. The third kappa shape index (κ3) is 2.13. The summed E-state index contributed by atoms with van der Waals surface area (Å²) in [5.41, 5.74) is -1.01. The van der Waals surface area contributed by atoms with Crippen LogP contribution in [-0.2, 0) is 9.59 Å². The normalized spacial score (nSPS) is 35.4. The fourth-order valence-corrected chi connectivity index (χ4v) is 2.44. The van der Waals surface area contributed by atoms with E-state index in [2.05, 4.69) is 16.0 Å². The first-order chi connectivity index (χ1) is 8.14. The lowest BCUT2D eigenvalue weighted by Crippen LogP contribution is -2.54. The third-order valence-electron chi connectivity index (χ3n) is 3.65. The fraction of sp³-hybridized carbons (Fsp3) is 0.818. The number of carbonyl (C=O) groups excluding carboxylic acids is 2. The van der Waals surface area contributed by atoms with Gasteiger partial charge in [-0.2, -0.15) is 0 Å². The number of carbonyl (C=O) groups is 2. The van der Waals surface area contributed by atoms with Crippen molar-refractivity contribution in [3.05, 3.63) is 0 Å². The van der Waals surface area contributed by atoms with Crippen LogP contribution in [-0.4, -0.2) is 43.7 Å². The Kier molecular flexibility index (Phi) is 3.33. The van der Waals surface area contributed by atoms with E-state index >= 15 is 0 Å². The summed E-state index contributed by atoms with van der Waals surface area (Å²) in [6.45, 7) is 0.239. The molecule has 2 fully saturated rings. The van der Waals surface area contributed by atoms with Crippen LogP contribution in [0, 0.1) is 5.92 Å². The zero-order valence-electron chi connectivity index (χ0n) is 9.88. The minimum Gasteiger partial charge on any atom is -0.357 e. The van der Waals surface area contributed by atoms with Crippen molar-refractivity contribution in [1.82, 2.24) is 16.0 Å². The number of likely N-dealkylation sites (N-methyl/N-ethyl adjacent to an activating group) is 1. The standard InChI is InChI=1S/C11H18FN3O2/c1-13-10(17)11(5-7(11)6-12)15-9(16)8-3-2-4-14-8/h7-8,14H,2-6H2,1H3,(H,13,17)(H,15,16)/t7?,8-,11?/m0/s1. The molecule has 0 aromatic rings. The molecule has 0 bridgehead atoms. The number of hydrogen-bond donors (Lipinski definition) is 3. The first kappa shape index (κ1) is 12.3. The molecule has 2 unspecified atom stereocenters. The number of alkyl halides is 1. The SMILES string of the molecule is CNC(=O)C1(NC(=O)[C@@H]2CCCN2)CC1CF. The van der Waals surface area contributed by atoms with Crippen molar-refractivity contribution in [3.8, 4) is 0 Å². The predicted molar refractivity (Wildman–Crippen MR) is 60.0 cm³/mol. The molecule has 3 atom stereocenters. The molecule has 6 heteroatoms. The van der Waals surface area contributed by atoms with E-state index in [4.69, 9.17) is 0 Å². The summed E-state index contributed by atoms with van der Waals surface area (Å²) in [5, 5.41) is 8.25. The first-order valence-electron chi connectivity index (χ1n) is 5.97. The van der Waals surface area contributed by atoms with Crippen molar-refractivity contribution in [2.24, 2.45) is 5.92 Å². The molecule has 5 nitrogen and oxygen atoms in total. The van der Waals surface area contributed by atoms with Crippen LogP contribution in [0.5, 0.6) is 0 Å². The Hall–Kier alpha value is -1.17. The van der Waals surface area contributed by atoms with Gasteiger partial charge in [-0.3, -0.25) is 14.0 Å². The Labute approximate surface area is 99.5 Å². The molecule has 3 N–H and O–H groups in total. The zero-order chi connectivity index (χ0) is 12.5. The van der Waals surface area contributed by atoms with Crippen LogP contribution in [0.1, 0.15) is 19.3 Å². The highest BCUT2D eigenvalue weighted by atomic mass is 19.1. The van der Waals surface area contributed by atoms with Gasteiger partial charge in [0.25, 0.3) is 0 Å². The second-order valence-corrected chi connectivity index (χ2v) is 4.74. The van der Waals surface area contributed by atoms with Crippen molar-refractivity contribution in [2.45, 2.75) is 30.8 Å². The maximum atomic E-state index is 12.7. The van der Waals surface area contributed by atoms with Crippen molar-refractivity contribution in [2.75, 3.05) is 20.3 Å². The molecule has 1 aliphatic carbocycles. The summed E-state index contributed by atoms with van der Waals surface area (Å²) in [7, 11) is 1.50. The number of rotatable bonds is 4. The molecular weight excluding hydrogens is 225 g/mol. The monoisotopic (exact) mass is 243 g/mol. The van der Waals surface area contributed by atoms with Gasteiger partial charge in [-0.05, 0) is 25.8 Å². The maximum absolute atomic E-state index is 12.7. The minimum absolute atomic E-state index is 0.193. The van der Waals surface area contributed by atoms with Gasteiger partial charge in [-0.15, -0.1) is 0 Å². The fourth-order valence-electron chi connectivity index (χ4n) is 2.44. The van der Waals surface area contributed by atoms with Crippen molar-refractivity contribution < 1.29 is 14.0 Å².